The van der Waals surface area contributed by atoms with Crippen LogP contribution in [0.2, 0.25) is 0 Å². The summed E-state index contributed by atoms with van der Waals surface area (Å²) in [5.41, 5.74) is 2.18. The molecular formula is C19H18N2O3S. The molecule has 5 nitrogen and oxygen atoms in total. The smallest absolute Gasteiger partial charge is 0.326 e. The van der Waals surface area contributed by atoms with Crippen molar-refractivity contribution in [1.82, 2.24) is 9.47 Å². The number of thiophene rings is 1. The SMILES string of the molecule is O=C(Cn1ccc2ccccc21)OCC(=O)N1CCc2sccc2C1. The van der Waals surface area contributed by atoms with E-state index in [9.17, 15) is 9.59 Å². The number of rotatable bonds is 4. The Hall–Kier alpha value is -2.60. The Morgan fingerprint density at radius 1 is 1.16 bits per heavy atom. The van der Waals surface area contributed by atoms with Gasteiger partial charge in [0, 0.05) is 29.7 Å². The maximum Gasteiger partial charge on any atom is 0.326 e. The maximum atomic E-state index is 12.3. The lowest BCUT2D eigenvalue weighted by molar-refractivity contribution is -0.152. The number of hydrogen-bond donors (Lipinski definition) is 0. The first-order valence-corrected chi connectivity index (χ1v) is 9.11. The predicted octanol–water partition coefficient (Wildman–Crippen LogP) is 2.83. The zero-order valence-corrected chi connectivity index (χ0v) is 14.5. The van der Waals surface area contributed by atoms with Crippen LogP contribution in [-0.4, -0.2) is 34.5 Å². The number of nitrogens with zero attached hydrogens (tertiary/aromatic N) is 2. The van der Waals surface area contributed by atoms with Crippen molar-refractivity contribution >= 4 is 34.1 Å². The summed E-state index contributed by atoms with van der Waals surface area (Å²) in [6, 6.07) is 11.9. The van der Waals surface area contributed by atoms with Gasteiger partial charge in [0.15, 0.2) is 6.61 Å². The fourth-order valence-electron chi connectivity index (χ4n) is 3.16. The molecule has 3 aromatic rings. The van der Waals surface area contributed by atoms with Crippen molar-refractivity contribution in [1.29, 1.82) is 0 Å². The summed E-state index contributed by atoms with van der Waals surface area (Å²) in [5, 5.41) is 3.13. The lowest BCUT2D eigenvalue weighted by atomic mass is 10.1. The van der Waals surface area contributed by atoms with E-state index in [0.29, 0.717) is 13.1 Å². The number of ether oxygens (including phenoxy) is 1. The fourth-order valence-corrected chi connectivity index (χ4v) is 4.05. The highest BCUT2D eigenvalue weighted by Gasteiger charge is 2.22. The lowest BCUT2D eigenvalue weighted by Crippen LogP contribution is -2.38. The molecule has 0 aliphatic carbocycles. The van der Waals surface area contributed by atoms with Gasteiger partial charge in [0.2, 0.25) is 0 Å². The molecule has 1 aromatic carbocycles. The van der Waals surface area contributed by atoms with Gasteiger partial charge in [0.25, 0.3) is 5.91 Å². The van der Waals surface area contributed by atoms with E-state index in [1.165, 1.54) is 10.4 Å². The van der Waals surface area contributed by atoms with E-state index in [1.54, 1.807) is 16.2 Å². The highest BCUT2D eigenvalue weighted by molar-refractivity contribution is 7.10. The predicted molar refractivity (Wildman–Crippen MR) is 96.3 cm³/mol. The molecule has 0 saturated heterocycles. The van der Waals surface area contributed by atoms with Gasteiger partial charge in [0.05, 0.1) is 0 Å². The second-order valence-electron chi connectivity index (χ2n) is 6.10. The molecule has 1 aliphatic heterocycles. The van der Waals surface area contributed by atoms with Crippen molar-refractivity contribution in [3.05, 3.63) is 58.4 Å². The average Bonchev–Trinajstić information content (AvgIpc) is 3.26. The van der Waals surface area contributed by atoms with Gasteiger partial charge in [0.1, 0.15) is 6.54 Å². The van der Waals surface area contributed by atoms with Gasteiger partial charge in [-0.2, -0.15) is 0 Å². The molecule has 4 rings (SSSR count). The molecule has 0 unspecified atom stereocenters. The van der Waals surface area contributed by atoms with Crippen LogP contribution in [0.1, 0.15) is 10.4 Å². The third-order valence-corrected chi connectivity index (χ3v) is 5.52. The quantitative estimate of drug-likeness (QED) is 0.677. The van der Waals surface area contributed by atoms with Crippen LogP contribution in [0.15, 0.2) is 48.0 Å². The van der Waals surface area contributed by atoms with Crippen molar-refractivity contribution in [2.75, 3.05) is 13.2 Å². The fraction of sp³-hybridized carbons (Fsp3) is 0.263. The summed E-state index contributed by atoms with van der Waals surface area (Å²) in [5.74, 6) is -0.537. The zero-order valence-electron chi connectivity index (χ0n) is 13.7. The first-order valence-electron chi connectivity index (χ1n) is 8.23. The van der Waals surface area contributed by atoms with E-state index in [4.69, 9.17) is 4.74 Å². The lowest BCUT2D eigenvalue weighted by Gasteiger charge is -2.26. The molecule has 3 heterocycles. The largest absolute Gasteiger partial charge is 0.454 e. The van der Waals surface area contributed by atoms with Gasteiger partial charge in [-0.1, -0.05) is 18.2 Å². The second kappa shape index (κ2) is 6.72. The summed E-state index contributed by atoms with van der Waals surface area (Å²) in [7, 11) is 0. The van der Waals surface area contributed by atoms with Gasteiger partial charge in [-0.3, -0.25) is 9.59 Å². The maximum absolute atomic E-state index is 12.3. The van der Waals surface area contributed by atoms with Gasteiger partial charge < -0.3 is 14.2 Å². The van der Waals surface area contributed by atoms with E-state index >= 15 is 0 Å². The Bertz CT molecular complexity index is 928. The zero-order chi connectivity index (χ0) is 17.2. The van der Waals surface area contributed by atoms with Crippen molar-refractivity contribution in [2.45, 2.75) is 19.5 Å². The molecule has 2 aromatic heterocycles. The Kier molecular flexibility index (Phi) is 4.28. The van der Waals surface area contributed by atoms with Gasteiger partial charge in [-0.25, -0.2) is 0 Å². The Labute approximate surface area is 149 Å². The molecule has 6 heteroatoms. The molecule has 128 valence electrons. The Morgan fingerprint density at radius 3 is 2.96 bits per heavy atom. The average molecular weight is 354 g/mol. The minimum absolute atomic E-state index is 0.107. The molecule has 25 heavy (non-hydrogen) atoms. The summed E-state index contributed by atoms with van der Waals surface area (Å²) < 4.78 is 7.03. The molecule has 1 aliphatic rings. The number of esters is 1. The van der Waals surface area contributed by atoms with E-state index < -0.39 is 5.97 Å². The summed E-state index contributed by atoms with van der Waals surface area (Å²) in [6.45, 7) is 1.20. The number of aromatic nitrogens is 1. The van der Waals surface area contributed by atoms with Crippen LogP contribution >= 0.6 is 11.3 Å². The van der Waals surface area contributed by atoms with Crippen LogP contribution in [0.3, 0.4) is 0 Å². The standard InChI is InChI=1S/C19H18N2O3S/c22-18(21-9-6-17-15(11-21)7-10-25-17)13-24-19(23)12-20-8-5-14-3-1-2-4-16(14)20/h1-5,7-8,10H,6,9,11-13H2. The Balaban J connectivity index is 1.32. The van der Waals surface area contributed by atoms with Crippen molar-refractivity contribution in [3.8, 4) is 0 Å². The van der Waals surface area contributed by atoms with Crippen molar-refractivity contribution < 1.29 is 14.3 Å². The third kappa shape index (κ3) is 3.30. The molecule has 0 spiro atoms. The van der Waals surface area contributed by atoms with Crippen LogP contribution in [0.4, 0.5) is 0 Å². The summed E-state index contributed by atoms with van der Waals surface area (Å²) >= 11 is 1.73. The monoisotopic (exact) mass is 354 g/mol. The van der Waals surface area contributed by atoms with E-state index in [2.05, 4.69) is 11.4 Å². The van der Waals surface area contributed by atoms with E-state index in [0.717, 1.165) is 17.3 Å². The van der Waals surface area contributed by atoms with Gasteiger partial charge in [-0.15, -0.1) is 11.3 Å². The Morgan fingerprint density at radius 2 is 2.04 bits per heavy atom. The van der Waals surface area contributed by atoms with Crippen LogP contribution < -0.4 is 0 Å². The number of carbonyl (C=O) groups is 2. The van der Waals surface area contributed by atoms with Gasteiger partial charge >= 0.3 is 5.97 Å². The molecule has 0 fully saturated rings. The minimum atomic E-state index is -0.400. The number of para-hydroxylation sites is 1. The molecule has 0 radical (unpaired) electrons. The molecule has 0 atom stereocenters. The molecule has 0 bridgehead atoms. The molecule has 0 N–H and O–H groups in total. The molecular weight excluding hydrogens is 336 g/mol. The van der Waals surface area contributed by atoms with Gasteiger partial charge in [-0.05, 0) is 40.9 Å². The van der Waals surface area contributed by atoms with Crippen molar-refractivity contribution in [3.63, 3.8) is 0 Å². The van der Waals surface area contributed by atoms with E-state index in [1.807, 2.05) is 41.1 Å². The van der Waals surface area contributed by atoms with E-state index in [-0.39, 0.29) is 19.1 Å². The number of carbonyl (C=O) groups excluding carboxylic acids is 2. The molecule has 1 amide bonds. The molecule has 0 saturated carbocycles. The number of hydrogen-bond acceptors (Lipinski definition) is 4. The summed E-state index contributed by atoms with van der Waals surface area (Å²) in [6.07, 6.45) is 2.73. The van der Waals surface area contributed by atoms with Crippen LogP contribution in [0.5, 0.6) is 0 Å². The highest BCUT2D eigenvalue weighted by atomic mass is 32.1. The van der Waals surface area contributed by atoms with Crippen LogP contribution in [-0.2, 0) is 33.8 Å². The number of amides is 1. The number of benzene rings is 1. The first-order chi connectivity index (χ1) is 12.2. The van der Waals surface area contributed by atoms with Crippen molar-refractivity contribution in [2.24, 2.45) is 0 Å². The number of fused-ring (bicyclic) bond motifs is 2. The topological polar surface area (TPSA) is 51.5 Å². The summed E-state index contributed by atoms with van der Waals surface area (Å²) in [4.78, 5) is 27.5. The first kappa shape index (κ1) is 15.9. The highest BCUT2D eigenvalue weighted by Crippen LogP contribution is 2.24. The third-order valence-electron chi connectivity index (χ3n) is 4.50. The van der Waals surface area contributed by atoms with Crippen LogP contribution in [0, 0.1) is 0 Å². The second-order valence-corrected chi connectivity index (χ2v) is 7.10. The minimum Gasteiger partial charge on any atom is -0.454 e. The van der Waals surface area contributed by atoms with Crippen LogP contribution in [0.25, 0.3) is 10.9 Å². The normalized spacial score (nSPS) is 13.7.